The van der Waals surface area contributed by atoms with Gasteiger partial charge in [0, 0.05) is 32.9 Å². The zero-order valence-corrected chi connectivity index (χ0v) is 29.6. The number of aromatic nitrogens is 2. The molecule has 0 radical (unpaired) electrons. The molecule has 0 aliphatic rings. The molecular formula is C54H36N2. The first-order chi connectivity index (χ1) is 33.6. The second kappa shape index (κ2) is 13.2. The summed E-state index contributed by atoms with van der Waals surface area (Å²) >= 11 is 0. The van der Waals surface area contributed by atoms with Crippen LogP contribution in [0.3, 0.4) is 0 Å². The molecule has 0 saturated heterocycles. The van der Waals surface area contributed by atoms with E-state index in [-0.39, 0.29) is 43.6 Å². The minimum atomic E-state index is -0.617. The van der Waals surface area contributed by atoms with E-state index in [0.29, 0.717) is 11.4 Å². The van der Waals surface area contributed by atoms with E-state index in [1.165, 1.54) is 9.13 Å². The first-order valence-electron chi connectivity index (χ1n) is 25.1. The van der Waals surface area contributed by atoms with Crippen LogP contribution < -0.4 is 0 Å². The number of nitrogens with zero attached hydrogens (tertiary/aromatic N) is 2. The quantitative estimate of drug-likeness (QED) is 0.161. The fourth-order valence-corrected chi connectivity index (χ4v) is 7.54. The Kier molecular flexibility index (Phi) is 4.90. The van der Waals surface area contributed by atoms with Crippen LogP contribution >= 0.6 is 0 Å². The molecule has 2 nitrogen and oxygen atoms in total. The Hall–Kier alpha value is -7.42. The maximum Gasteiger partial charge on any atom is 0.0645 e. The van der Waals surface area contributed by atoms with Crippen molar-refractivity contribution in [3.05, 3.63) is 218 Å². The van der Waals surface area contributed by atoms with E-state index in [1.54, 1.807) is 30.3 Å². The fraction of sp³-hybridized carbons (Fsp3) is 0. The molecule has 262 valence electrons. The summed E-state index contributed by atoms with van der Waals surface area (Å²) in [5.74, 6) is 0. The average Bonchev–Trinajstić information content (AvgIpc) is 3.95. The van der Waals surface area contributed by atoms with Gasteiger partial charge in [-0.25, -0.2) is 0 Å². The summed E-state index contributed by atoms with van der Waals surface area (Å²) in [6.07, 6.45) is 0. The smallest absolute Gasteiger partial charge is 0.0645 e. The van der Waals surface area contributed by atoms with Crippen molar-refractivity contribution >= 4 is 43.6 Å². The van der Waals surface area contributed by atoms with Crippen LogP contribution in [0.4, 0.5) is 0 Å². The van der Waals surface area contributed by atoms with Gasteiger partial charge in [-0.2, -0.15) is 0 Å². The van der Waals surface area contributed by atoms with Crippen molar-refractivity contribution in [2.75, 3.05) is 0 Å². The second-order valence-corrected chi connectivity index (χ2v) is 13.5. The predicted molar refractivity (Wildman–Crippen MR) is 237 cm³/mol. The van der Waals surface area contributed by atoms with Gasteiger partial charge < -0.3 is 9.13 Å². The molecule has 2 aromatic heterocycles. The van der Waals surface area contributed by atoms with Crippen LogP contribution in [0, 0.1) is 0 Å². The number of para-hydroxylation sites is 2. The van der Waals surface area contributed by atoms with Gasteiger partial charge in [-0.1, -0.05) is 158 Å². The summed E-state index contributed by atoms with van der Waals surface area (Å²) in [5.41, 5.74) is 5.14. The largest absolute Gasteiger partial charge is 0.309 e. The van der Waals surface area contributed by atoms with Crippen molar-refractivity contribution in [3.8, 4) is 55.9 Å². The van der Waals surface area contributed by atoms with Crippen molar-refractivity contribution in [3.63, 3.8) is 0 Å². The molecule has 0 aliphatic heterocycles. The number of hydrogen-bond donors (Lipinski definition) is 0. The summed E-state index contributed by atoms with van der Waals surface area (Å²) < 4.78 is 133. The van der Waals surface area contributed by atoms with Gasteiger partial charge >= 0.3 is 0 Å². The maximum absolute atomic E-state index is 9.88. The predicted octanol–water partition coefficient (Wildman–Crippen LogP) is 14.5. The lowest BCUT2D eigenvalue weighted by Gasteiger charge is -2.11. The fourth-order valence-electron chi connectivity index (χ4n) is 7.54. The van der Waals surface area contributed by atoms with E-state index in [1.807, 2.05) is 103 Å². The number of fused-ring (bicyclic) bond motifs is 6. The van der Waals surface area contributed by atoms with E-state index >= 15 is 0 Å². The van der Waals surface area contributed by atoms with Crippen molar-refractivity contribution in [2.24, 2.45) is 0 Å². The molecule has 0 aliphatic carbocycles. The van der Waals surface area contributed by atoms with E-state index in [4.69, 9.17) is 9.60 Å². The van der Waals surface area contributed by atoms with Crippen LogP contribution in [0.2, 0.25) is 0 Å². The Balaban J connectivity index is 1.18. The van der Waals surface area contributed by atoms with Gasteiger partial charge in [0.2, 0.25) is 0 Å². The molecule has 0 spiro atoms. The topological polar surface area (TPSA) is 9.86 Å². The highest BCUT2D eigenvalue weighted by Crippen LogP contribution is 2.39. The van der Waals surface area contributed by atoms with Crippen LogP contribution in [0.5, 0.6) is 0 Å². The minimum absolute atomic E-state index is 0.0483. The molecule has 11 rings (SSSR count). The second-order valence-electron chi connectivity index (χ2n) is 13.5. The van der Waals surface area contributed by atoms with Crippen LogP contribution in [0.1, 0.15) is 19.2 Å². The summed E-state index contributed by atoms with van der Waals surface area (Å²) in [6.45, 7) is 0. The molecule has 0 unspecified atom stereocenters. The zero-order chi connectivity index (χ0) is 49.2. The van der Waals surface area contributed by atoms with Crippen molar-refractivity contribution in [1.82, 2.24) is 9.13 Å². The van der Waals surface area contributed by atoms with Crippen LogP contribution in [-0.2, 0) is 0 Å². The molecule has 0 atom stereocenters. The minimum Gasteiger partial charge on any atom is -0.309 e. The Morgan fingerprint density at radius 1 is 0.286 bits per heavy atom. The Labute approximate surface area is 345 Å². The van der Waals surface area contributed by atoms with E-state index < -0.39 is 95.7 Å². The lowest BCUT2D eigenvalue weighted by molar-refractivity contribution is 1.18. The van der Waals surface area contributed by atoms with Gasteiger partial charge in [0.05, 0.1) is 41.3 Å². The van der Waals surface area contributed by atoms with E-state index in [9.17, 15) is 9.60 Å². The Morgan fingerprint density at radius 3 is 1.23 bits per heavy atom. The Morgan fingerprint density at radius 2 is 0.696 bits per heavy atom. The van der Waals surface area contributed by atoms with Crippen LogP contribution in [0.15, 0.2) is 218 Å². The molecule has 0 fully saturated rings. The molecule has 2 heterocycles. The van der Waals surface area contributed by atoms with Gasteiger partial charge in [-0.15, -0.1) is 0 Å². The summed E-state index contributed by atoms with van der Waals surface area (Å²) in [4.78, 5) is 0. The zero-order valence-electron chi connectivity index (χ0n) is 43.6. The molecule has 9 aromatic carbocycles. The molecule has 2 heteroatoms. The van der Waals surface area contributed by atoms with Gasteiger partial charge in [-0.3, -0.25) is 0 Å². The van der Waals surface area contributed by atoms with Gasteiger partial charge in [0.15, 0.2) is 0 Å². The lowest BCUT2D eigenvalue weighted by Crippen LogP contribution is -1.94. The lowest BCUT2D eigenvalue weighted by atomic mass is 10.00. The van der Waals surface area contributed by atoms with Gasteiger partial charge in [0.25, 0.3) is 0 Å². The standard InChI is InChI=1S/C54H36N2/c1-3-12-37(13-4-1)39-22-24-40(25-23-39)41-26-30-45(31-27-41)55-51-20-9-7-18-47(51)49-35-43(28-32-53(49)55)44-29-33-54-50(36-44)48-19-8-10-21-52(48)56(54)46-17-11-16-42(34-46)38-14-5-2-6-15-38/h1-36H/i7D,8D,9D,10D,18D,19D,20D,21D,28D,29D,32D,33D,35D,36D. The molecular weight excluding hydrogens is 677 g/mol. The summed E-state index contributed by atoms with van der Waals surface area (Å²) in [5, 5.41) is -0.494. The average molecular weight is 727 g/mol. The number of hydrogen-bond acceptors (Lipinski definition) is 0. The molecule has 0 amide bonds. The summed E-state index contributed by atoms with van der Waals surface area (Å²) in [7, 11) is 0. The highest BCUT2D eigenvalue weighted by Gasteiger charge is 2.16. The van der Waals surface area contributed by atoms with E-state index in [2.05, 4.69) is 0 Å². The van der Waals surface area contributed by atoms with E-state index in [0.717, 1.165) is 33.4 Å². The SMILES string of the molecule is [2H]c1c([2H])c([2H])c2c(c1[2H])c1c([2H])c(-c3c([2H])c([2H])c4c(c3[2H])c3c([2H])c([2H])c([2H])c([2H])c3n4-c3cccc(-c4ccccc4)c3)c([2H])c([2H])c1n2-c1ccc(-c2ccc(-c3ccccc3)cc2)cc1. The highest BCUT2D eigenvalue weighted by molar-refractivity contribution is 6.12. The maximum atomic E-state index is 9.88. The first-order valence-corrected chi connectivity index (χ1v) is 18.1. The molecule has 0 N–H and O–H groups in total. The Bertz CT molecular complexity index is 4020. The first kappa shape index (κ1) is 20.9. The van der Waals surface area contributed by atoms with Crippen molar-refractivity contribution in [1.29, 1.82) is 0 Å². The van der Waals surface area contributed by atoms with Crippen LogP contribution in [-0.4, -0.2) is 9.13 Å². The van der Waals surface area contributed by atoms with Gasteiger partial charge in [0.1, 0.15) is 0 Å². The third-order valence-electron chi connectivity index (χ3n) is 10.2. The third kappa shape index (κ3) is 5.34. The monoisotopic (exact) mass is 726 g/mol. The molecule has 0 saturated carbocycles. The third-order valence-corrected chi connectivity index (χ3v) is 10.2. The summed E-state index contributed by atoms with van der Waals surface area (Å²) in [6, 6.07) is 34.2. The molecule has 0 bridgehead atoms. The van der Waals surface area contributed by atoms with Crippen molar-refractivity contribution in [2.45, 2.75) is 0 Å². The molecule has 56 heavy (non-hydrogen) atoms. The van der Waals surface area contributed by atoms with Crippen molar-refractivity contribution < 1.29 is 19.2 Å². The number of benzene rings is 9. The number of rotatable bonds is 6. The normalized spacial score (nSPS) is 15.1. The highest BCUT2D eigenvalue weighted by atomic mass is 15.0. The van der Waals surface area contributed by atoms with Gasteiger partial charge in [-0.05, 0) is 105 Å². The molecule has 11 aromatic rings. The van der Waals surface area contributed by atoms with Crippen LogP contribution in [0.25, 0.3) is 99.5 Å².